The number of aromatic nitrogens is 3. The van der Waals surface area contributed by atoms with Crippen molar-refractivity contribution < 1.29 is 9.21 Å². The Balaban J connectivity index is 1.76. The molecule has 0 unspecified atom stereocenters. The zero-order chi connectivity index (χ0) is 14.8. The molecule has 0 bridgehead atoms. The molecule has 0 aliphatic rings. The largest absolute Gasteiger partial charge is 0.436 e. The van der Waals surface area contributed by atoms with Crippen LogP contribution in [-0.2, 0) is 0 Å². The van der Waals surface area contributed by atoms with Crippen LogP contribution in [-0.4, -0.2) is 21.1 Å². The molecule has 0 spiro atoms. The fourth-order valence-electron chi connectivity index (χ4n) is 2.08. The van der Waals surface area contributed by atoms with E-state index >= 15 is 0 Å². The molecule has 1 amide bonds. The molecule has 0 fully saturated rings. The second kappa shape index (κ2) is 5.24. The minimum absolute atomic E-state index is 0.241. The van der Waals surface area contributed by atoms with E-state index in [9.17, 15) is 4.79 Å². The molecule has 106 valence electrons. The molecule has 1 aromatic carbocycles. The first-order valence-corrected chi connectivity index (χ1v) is 6.48. The van der Waals surface area contributed by atoms with Crippen LogP contribution >= 0.6 is 0 Å². The number of hydrogen-bond donors (Lipinski definition) is 2. The number of benzene rings is 1. The lowest BCUT2D eigenvalue weighted by atomic mass is 10.1. The molecule has 2 N–H and O–H groups in total. The summed E-state index contributed by atoms with van der Waals surface area (Å²) >= 11 is 0. The molecule has 0 saturated heterocycles. The molecule has 0 aliphatic carbocycles. The van der Waals surface area contributed by atoms with Gasteiger partial charge < -0.3 is 9.73 Å². The molecule has 6 nitrogen and oxygen atoms in total. The minimum atomic E-state index is -0.303. The van der Waals surface area contributed by atoms with Crippen molar-refractivity contribution >= 4 is 11.6 Å². The number of oxazole rings is 1. The highest BCUT2D eigenvalue weighted by molar-refractivity contribution is 6.03. The van der Waals surface area contributed by atoms with Crippen molar-refractivity contribution in [2.24, 2.45) is 0 Å². The topological polar surface area (TPSA) is 83.8 Å². The smallest absolute Gasteiger partial charge is 0.293 e. The third-order valence-electron chi connectivity index (χ3n) is 3.06. The van der Waals surface area contributed by atoms with E-state index in [1.165, 1.54) is 0 Å². The zero-order valence-electron chi connectivity index (χ0n) is 11.7. The number of carbonyl (C=O) groups excluding carboxylic acids is 1. The van der Waals surface area contributed by atoms with E-state index < -0.39 is 0 Å². The van der Waals surface area contributed by atoms with Crippen molar-refractivity contribution in [2.45, 2.75) is 13.8 Å². The second-order valence-electron chi connectivity index (χ2n) is 4.65. The van der Waals surface area contributed by atoms with Crippen LogP contribution in [0.25, 0.3) is 11.3 Å². The van der Waals surface area contributed by atoms with Crippen molar-refractivity contribution in [3.8, 4) is 11.3 Å². The summed E-state index contributed by atoms with van der Waals surface area (Å²) in [5.74, 6) is 0.416. The number of aryl methyl sites for hydroxylation is 2. The number of hydrogen-bond acceptors (Lipinski definition) is 4. The van der Waals surface area contributed by atoms with Crippen molar-refractivity contribution in [1.29, 1.82) is 0 Å². The summed E-state index contributed by atoms with van der Waals surface area (Å²) in [6, 6.07) is 9.34. The van der Waals surface area contributed by atoms with E-state index in [1.807, 2.05) is 30.3 Å². The maximum absolute atomic E-state index is 12.1. The summed E-state index contributed by atoms with van der Waals surface area (Å²) in [7, 11) is 0. The summed E-state index contributed by atoms with van der Waals surface area (Å²) in [5, 5.41) is 9.58. The van der Waals surface area contributed by atoms with Gasteiger partial charge in [-0.1, -0.05) is 12.1 Å². The molecule has 0 saturated carbocycles. The first-order valence-electron chi connectivity index (χ1n) is 6.48. The fourth-order valence-corrected chi connectivity index (χ4v) is 2.08. The number of anilines is 1. The standard InChI is InChI=1S/C15H14N4O2/c1-9-14(21-10(2)17-9)15(20)18-12-5-3-11(4-6-12)13-7-8-16-19-13/h3-8H,1-2H3,(H,16,19)(H,18,20). The third-order valence-corrected chi connectivity index (χ3v) is 3.06. The van der Waals surface area contributed by atoms with Crippen LogP contribution in [0.1, 0.15) is 22.1 Å². The molecule has 21 heavy (non-hydrogen) atoms. The Hall–Kier alpha value is -2.89. The second-order valence-corrected chi connectivity index (χ2v) is 4.65. The Morgan fingerprint density at radius 2 is 1.95 bits per heavy atom. The minimum Gasteiger partial charge on any atom is -0.436 e. The van der Waals surface area contributed by atoms with Crippen molar-refractivity contribution in [3.05, 3.63) is 53.9 Å². The quantitative estimate of drug-likeness (QED) is 0.773. The van der Waals surface area contributed by atoms with Gasteiger partial charge in [0.2, 0.25) is 5.76 Å². The van der Waals surface area contributed by atoms with Crippen LogP contribution in [0.2, 0.25) is 0 Å². The summed E-state index contributed by atoms with van der Waals surface area (Å²) in [6.45, 7) is 3.45. The van der Waals surface area contributed by atoms with Crippen LogP contribution in [0.5, 0.6) is 0 Å². The molecule has 0 atom stereocenters. The Morgan fingerprint density at radius 1 is 1.19 bits per heavy atom. The first kappa shape index (κ1) is 13.1. The predicted molar refractivity (Wildman–Crippen MR) is 78.0 cm³/mol. The van der Waals surface area contributed by atoms with Gasteiger partial charge >= 0.3 is 0 Å². The predicted octanol–water partition coefficient (Wildman–Crippen LogP) is 2.93. The number of H-pyrrole nitrogens is 1. The number of nitrogens with one attached hydrogen (secondary N) is 2. The highest BCUT2D eigenvalue weighted by Gasteiger charge is 2.15. The highest BCUT2D eigenvalue weighted by Crippen LogP contribution is 2.20. The average Bonchev–Trinajstić information content (AvgIpc) is 3.09. The van der Waals surface area contributed by atoms with Gasteiger partial charge in [0.05, 0.1) is 11.4 Å². The Morgan fingerprint density at radius 3 is 2.52 bits per heavy atom. The molecule has 6 heteroatoms. The Bertz CT molecular complexity index is 758. The van der Waals surface area contributed by atoms with Gasteiger partial charge in [-0.3, -0.25) is 9.89 Å². The van der Waals surface area contributed by atoms with Crippen LogP contribution in [0.3, 0.4) is 0 Å². The van der Waals surface area contributed by atoms with E-state index in [1.54, 1.807) is 20.0 Å². The van der Waals surface area contributed by atoms with Gasteiger partial charge in [-0.15, -0.1) is 0 Å². The number of carbonyl (C=O) groups is 1. The average molecular weight is 282 g/mol. The molecule has 3 aromatic rings. The lowest BCUT2D eigenvalue weighted by Gasteiger charge is -2.04. The van der Waals surface area contributed by atoms with Gasteiger partial charge in [-0.25, -0.2) is 4.98 Å². The SMILES string of the molecule is Cc1nc(C)c(C(=O)Nc2ccc(-c3ccn[nH]3)cc2)o1. The number of rotatable bonds is 3. The van der Waals surface area contributed by atoms with Gasteiger partial charge in [0, 0.05) is 18.8 Å². The number of amides is 1. The lowest BCUT2D eigenvalue weighted by molar-refractivity contribution is 0.0994. The summed E-state index contributed by atoms with van der Waals surface area (Å²) in [4.78, 5) is 16.2. The fraction of sp³-hybridized carbons (Fsp3) is 0.133. The van der Waals surface area contributed by atoms with E-state index in [2.05, 4.69) is 20.5 Å². The summed E-state index contributed by atoms with van der Waals surface area (Å²) in [5.41, 5.74) is 3.20. The summed E-state index contributed by atoms with van der Waals surface area (Å²) in [6.07, 6.45) is 1.69. The van der Waals surface area contributed by atoms with E-state index in [0.717, 1.165) is 11.3 Å². The van der Waals surface area contributed by atoms with Crippen molar-refractivity contribution in [2.75, 3.05) is 5.32 Å². The third kappa shape index (κ3) is 2.69. The summed E-state index contributed by atoms with van der Waals surface area (Å²) < 4.78 is 5.29. The van der Waals surface area contributed by atoms with E-state index in [0.29, 0.717) is 17.3 Å². The maximum atomic E-state index is 12.1. The van der Waals surface area contributed by atoms with Gasteiger partial charge in [-0.05, 0) is 30.7 Å². The van der Waals surface area contributed by atoms with E-state index in [-0.39, 0.29) is 11.7 Å². The molecule has 2 heterocycles. The lowest BCUT2D eigenvalue weighted by Crippen LogP contribution is -2.12. The zero-order valence-corrected chi connectivity index (χ0v) is 11.7. The number of aromatic amines is 1. The molecular weight excluding hydrogens is 268 g/mol. The molecule has 0 radical (unpaired) electrons. The van der Waals surface area contributed by atoms with Gasteiger partial charge in [-0.2, -0.15) is 5.10 Å². The molecular formula is C15H14N4O2. The van der Waals surface area contributed by atoms with Crippen LogP contribution in [0, 0.1) is 13.8 Å². The molecule has 2 aromatic heterocycles. The Labute approximate surface area is 121 Å². The van der Waals surface area contributed by atoms with Crippen molar-refractivity contribution in [3.63, 3.8) is 0 Å². The van der Waals surface area contributed by atoms with E-state index in [4.69, 9.17) is 4.42 Å². The number of nitrogens with zero attached hydrogens (tertiary/aromatic N) is 2. The Kier molecular flexibility index (Phi) is 3.27. The first-order chi connectivity index (χ1) is 10.1. The van der Waals surface area contributed by atoms with Crippen LogP contribution in [0.15, 0.2) is 40.9 Å². The van der Waals surface area contributed by atoms with Gasteiger partial charge in [0.15, 0.2) is 5.89 Å². The maximum Gasteiger partial charge on any atom is 0.293 e. The van der Waals surface area contributed by atoms with Gasteiger partial charge in [0.1, 0.15) is 0 Å². The molecule has 0 aliphatic heterocycles. The van der Waals surface area contributed by atoms with Crippen LogP contribution < -0.4 is 5.32 Å². The van der Waals surface area contributed by atoms with Gasteiger partial charge in [0.25, 0.3) is 5.91 Å². The normalized spacial score (nSPS) is 10.6. The monoisotopic (exact) mass is 282 g/mol. The highest BCUT2D eigenvalue weighted by atomic mass is 16.4. The van der Waals surface area contributed by atoms with Crippen molar-refractivity contribution in [1.82, 2.24) is 15.2 Å². The van der Waals surface area contributed by atoms with Crippen LogP contribution in [0.4, 0.5) is 5.69 Å². The molecule has 3 rings (SSSR count).